The fourth-order valence-electron chi connectivity index (χ4n) is 2.30. The number of nitro benzene ring substituents is 1. The van der Waals surface area contributed by atoms with Gasteiger partial charge in [0.25, 0.3) is 5.69 Å². The van der Waals surface area contributed by atoms with Crippen molar-refractivity contribution in [2.24, 2.45) is 5.92 Å². The third-order valence-electron chi connectivity index (χ3n) is 3.30. The van der Waals surface area contributed by atoms with Crippen molar-refractivity contribution in [2.45, 2.75) is 13.0 Å². The molecule has 1 aromatic rings. The summed E-state index contributed by atoms with van der Waals surface area (Å²) in [4.78, 5) is 34.0. The number of ketones is 1. The molecule has 2 atom stereocenters. The Bertz CT molecular complexity index is 621. The second-order valence-electron chi connectivity index (χ2n) is 4.70. The lowest BCUT2D eigenvalue weighted by Crippen LogP contribution is -2.41. The van der Waals surface area contributed by atoms with E-state index >= 15 is 0 Å². The van der Waals surface area contributed by atoms with Gasteiger partial charge >= 0.3 is 5.97 Å². The first-order chi connectivity index (χ1) is 9.93. The Balaban J connectivity index is 2.38. The molecule has 2 rings (SSSR count). The Morgan fingerprint density at radius 2 is 1.95 bits per heavy atom. The van der Waals surface area contributed by atoms with Crippen molar-refractivity contribution in [1.29, 1.82) is 0 Å². The molecule has 7 nitrogen and oxygen atoms in total. The maximum Gasteiger partial charge on any atom is 0.319 e. The number of allylic oxidation sites excluding steroid dienone is 2. The summed E-state index contributed by atoms with van der Waals surface area (Å²) in [6.07, 6.45) is 1.35. The number of carbonyl (C=O) groups excluding carboxylic acids is 2. The molecule has 1 aliphatic rings. The van der Waals surface area contributed by atoms with Crippen LogP contribution in [-0.4, -0.2) is 23.8 Å². The summed E-state index contributed by atoms with van der Waals surface area (Å²) in [7, 11) is 1.22. The highest BCUT2D eigenvalue weighted by Crippen LogP contribution is 2.30. The van der Waals surface area contributed by atoms with Crippen molar-refractivity contribution in [3.63, 3.8) is 0 Å². The second-order valence-corrected chi connectivity index (χ2v) is 4.70. The van der Waals surface area contributed by atoms with Gasteiger partial charge in [-0.25, -0.2) is 0 Å². The quantitative estimate of drug-likeness (QED) is 0.392. The summed E-state index contributed by atoms with van der Waals surface area (Å²) >= 11 is 0. The van der Waals surface area contributed by atoms with Crippen LogP contribution in [0.15, 0.2) is 36.0 Å². The van der Waals surface area contributed by atoms with E-state index in [-0.39, 0.29) is 11.5 Å². The van der Waals surface area contributed by atoms with Crippen molar-refractivity contribution in [2.75, 3.05) is 7.11 Å². The average molecular weight is 290 g/mol. The average Bonchev–Trinajstić information content (AvgIpc) is 2.45. The van der Waals surface area contributed by atoms with E-state index < -0.39 is 22.9 Å². The number of hydrogen-bond donors (Lipinski definition) is 1. The van der Waals surface area contributed by atoms with E-state index in [9.17, 15) is 19.7 Å². The molecule has 110 valence electrons. The van der Waals surface area contributed by atoms with Crippen LogP contribution in [-0.2, 0) is 14.3 Å². The monoisotopic (exact) mass is 290 g/mol. The Morgan fingerprint density at radius 1 is 1.33 bits per heavy atom. The van der Waals surface area contributed by atoms with Crippen LogP contribution in [0.2, 0.25) is 0 Å². The molecule has 0 bridgehead atoms. The summed E-state index contributed by atoms with van der Waals surface area (Å²) in [6.45, 7) is 1.71. The Labute approximate surface area is 120 Å². The van der Waals surface area contributed by atoms with Crippen LogP contribution in [0.25, 0.3) is 0 Å². The third-order valence-corrected chi connectivity index (χ3v) is 3.30. The van der Waals surface area contributed by atoms with Crippen LogP contribution in [0.5, 0.6) is 0 Å². The minimum absolute atomic E-state index is 0.0530. The summed E-state index contributed by atoms with van der Waals surface area (Å²) in [5.41, 5.74) is 1.18. The Hall–Kier alpha value is -2.70. The molecule has 0 aromatic heterocycles. The van der Waals surface area contributed by atoms with Crippen LogP contribution in [0.3, 0.4) is 0 Å². The van der Waals surface area contributed by atoms with Crippen molar-refractivity contribution in [1.82, 2.24) is 5.32 Å². The first-order valence-corrected chi connectivity index (χ1v) is 6.25. The standard InChI is InChI=1S/C14H14N2O5/c1-8-7-11(17)12(14(18)21-2)13(15-8)9-3-5-10(6-4-9)16(19)20/h3-7,12-13,15H,1-2H3/t12-,13+/m0/s1. The first kappa shape index (κ1) is 14.7. The van der Waals surface area contributed by atoms with Gasteiger partial charge in [-0.15, -0.1) is 0 Å². The molecular weight excluding hydrogens is 276 g/mol. The van der Waals surface area contributed by atoms with Gasteiger partial charge in [-0.1, -0.05) is 12.1 Å². The summed E-state index contributed by atoms with van der Waals surface area (Å²) < 4.78 is 4.67. The molecule has 0 radical (unpaired) electrons. The van der Waals surface area contributed by atoms with E-state index in [1.807, 2.05) is 0 Å². The first-order valence-electron chi connectivity index (χ1n) is 6.25. The minimum atomic E-state index is -1.000. The molecule has 21 heavy (non-hydrogen) atoms. The van der Waals surface area contributed by atoms with Crippen molar-refractivity contribution < 1.29 is 19.2 Å². The fourth-order valence-corrected chi connectivity index (χ4v) is 2.30. The molecule has 0 fully saturated rings. The van der Waals surface area contributed by atoms with E-state index in [1.54, 1.807) is 6.92 Å². The van der Waals surface area contributed by atoms with E-state index in [4.69, 9.17) is 0 Å². The normalized spacial score (nSPS) is 21.2. The van der Waals surface area contributed by atoms with Crippen molar-refractivity contribution >= 4 is 17.4 Å². The van der Waals surface area contributed by atoms with Gasteiger partial charge in [0, 0.05) is 23.9 Å². The zero-order chi connectivity index (χ0) is 15.6. The summed E-state index contributed by atoms with van der Waals surface area (Å²) in [5, 5.41) is 13.7. The van der Waals surface area contributed by atoms with Crippen LogP contribution in [0, 0.1) is 16.0 Å². The second kappa shape index (κ2) is 5.74. The van der Waals surface area contributed by atoms with E-state index in [0.29, 0.717) is 11.3 Å². The van der Waals surface area contributed by atoms with Crippen LogP contribution in [0.1, 0.15) is 18.5 Å². The van der Waals surface area contributed by atoms with Gasteiger partial charge in [0.2, 0.25) is 0 Å². The molecule has 0 amide bonds. The van der Waals surface area contributed by atoms with Gasteiger partial charge in [-0.2, -0.15) is 0 Å². The van der Waals surface area contributed by atoms with E-state index in [0.717, 1.165) is 0 Å². The van der Waals surface area contributed by atoms with Gasteiger partial charge in [-0.3, -0.25) is 19.7 Å². The number of hydrogen-bond acceptors (Lipinski definition) is 6. The largest absolute Gasteiger partial charge is 0.468 e. The van der Waals surface area contributed by atoms with Crippen LogP contribution < -0.4 is 5.32 Å². The maximum atomic E-state index is 12.0. The molecule has 0 unspecified atom stereocenters. The maximum absolute atomic E-state index is 12.0. The number of esters is 1. The van der Waals surface area contributed by atoms with Gasteiger partial charge in [-0.05, 0) is 12.5 Å². The molecule has 0 spiro atoms. The predicted octanol–water partition coefficient (Wildman–Crippen LogP) is 1.50. The highest BCUT2D eigenvalue weighted by atomic mass is 16.6. The van der Waals surface area contributed by atoms with E-state index in [2.05, 4.69) is 10.1 Å². The van der Waals surface area contributed by atoms with Crippen LogP contribution >= 0.6 is 0 Å². The number of nitrogens with zero attached hydrogens (tertiary/aromatic N) is 1. The number of ether oxygens (including phenoxy) is 1. The van der Waals surface area contributed by atoms with Gasteiger partial charge in [0.15, 0.2) is 5.78 Å². The van der Waals surface area contributed by atoms with Crippen LogP contribution in [0.4, 0.5) is 5.69 Å². The number of non-ortho nitro benzene ring substituents is 1. The third kappa shape index (κ3) is 2.91. The lowest BCUT2D eigenvalue weighted by molar-refractivity contribution is -0.384. The molecule has 1 aromatic carbocycles. The number of nitrogens with one attached hydrogen (secondary N) is 1. The molecule has 1 N–H and O–H groups in total. The zero-order valence-corrected chi connectivity index (χ0v) is 11.5. The van der Waals surface area contributed by atoms with E-state index in [1.165, 1.54) is 37.5 Å². The predicted molar refractivity (Wildman–Crippen MR) is 73.2 cm³/mol. The fraction of sp³-hybridized carbons (Fsp3) is 0.286. The highest BCUT2D eigenvalue weighted by Gasteiger charge is 2.38. The number of nitro groups is 1. The number of rotatable bonds is 3. The smallest absolute Gasteiger partial charge is 0.319 e. The molecule has 0 saturated carbocycles. The minimum Gasteiger partial charge on any atom is -0.468 e. The summed E-state index contributed by atoms with van der Waals surface area (Å²) in [6, 6.07) is 5.12. The van der Waals surface area contributed by atoms with Gasteiger partial charge in [0.05, 0.1) is 18.1 Å². The number of benzene rings is 1. The molecule has 0 saturated heterocycles. The zero-order valence-electron chi connectivity index (χ0n) is 11.5. The SMILES string of the molecule is COC(=O)[C@H]1C(=O)C=C(C)N[C@@H]1c1ccc([N+](=O)[O-])cc1. The Kier molecular flexibility index (Phi) is 4.02. The Morgan fingerprint density at radius 3 is 2.48 bits per heavy atom. The lowest BCUT2D eigenvalue weighted by Gasteiger charge is -2.29. The van der Waals surface area contributed by atoms with Gasteiger partial charge < -0.3 is 10.1 Å². The highest BCUT2D eigenvalue weighted by molar-refractivity contribution is 6.06. The molecule has 0 aliphatic carbocycles. The number of carbonyl (C=O) groups is 2. The van der Waals surface area contributed by atoms with Crippen molar-refractivity contribution in [3.05, 3.63) is 51.7 Å². The molecular formula is C14H14N2O5. The topological polar surface area (TPSA) is 98.5 Å². The molecule has 1 heterocycles. The summed E-state index contributed by atoms with van der Waals surface area (Å²) in [5.74, 6) is -1.98. The lowest BCUT2D eigenvalue weighted by atomic mass is 9.86. The van der Waals surface area contributed by atoms with Gasteiger partial charge in [0.1, 0.15) is 5.92 Å². The molecule has 7 heteroatoms. The number of methoxy groups -OCH3 is 1. The van der Waals surface area contributed by atoms with Crippen molar-refractivity contribution in [3.8, 4) is 0 Å². The molecule has 1 aliphatic heterocycles.